The van der Waals surface area contributed by atoms with Crippen molar-refractivity contribution in [2.24, 2.45) is 11.7 Å². The van der Waals surface area contributed by atoms with Crippen LogP contribution >= 0.6 is 0 Å². The molecule has 0 amide bonds. The van der Waals surface area contributed by atoms with Crippen LogP contribution in [-0.4, -0.2) is 17.4 Å². The number of rotatable bonds is 5. The van der Waals surface area contributed by atoms with Crippen LogP contribution in [0.3, 0.4) is 0 Å². The Morgan fingerprint density at radius 2 is 1.82 bits per heavy atom. The van der Waals surface area contributed by atoms with E-state index in [1.54, 1.807) is 0 Å². The van der Waals surface area contributed by atoms with Crippen LogP contribution in [0.2, 0.25) is 0 Å². The van der Waals surface area contributed by atoms with E-state index in [0.29, 0.717) is 0 Å². The molecule has 3 unspecified atom stereocenters. The average molecular weight is 237 g/mol. The van der Waals surface area contributed by atoms with Crippen LogP contribution < -0.4 is 10.5 Å². The van der Waals surface area contributed by atoms with E-state index in [1.807, 2.05) is 45.9 Å². The highest BCUT2D eigenvalue weighted by Gasteiger charge is 2.23. The van der Waals surface area contributed by atoms with Crippen molar-refractivity contribution in [1.82, 2.24) is 0 Å². The largest absolute Gasteiger partial charge is 0.490 e. The molecule has 0 aliphatic rings. The van der Waals surface area contributed by atoms with Crippen LogP contribution in [-0.2, 0) is 0 Å². The van der Waals surface area contributed by atoms with Crippen molar-refractivity contribution in [2.75, 3.05) is 0 Å². The Labute approximate surface area is 104 Å². The van der Waals surface area contributed by atoms with Gasteiger partial charge in [0.2, 0.25) is 0 Å². The number of para-hydroxylation sites is 1. The van der Waals surface area contributed by atoms with Crippen molar-refractivity contribution in [3.63, 3.8) is 0 Å². The first-order valence-electron chi connectivity index (χ1n) is 6.13. The van der Waals surface area contributed by atoms with Crippen LogP contribution in [0.4, 0.5) is 0 Å². The second-order valence-electron chi connectivity index (χ2n) is 4.61. The third-order valence-corrected chi connectivity index (χ3v) is 3.23. The maximum Gasteiger partial charge on any atom is 0.125 e. The van der Waals surface area contributed by atoms with E-state index in [4.69, 9.17) is 10.5 Å². The molecule has 0 radical (unpaired) electrons. The molecule has 3 atom stereocenters. The zero-order valence-electron chi connectivity index (χ0n) is 11.1. The molecular formula is C14H23NO2. The second kappa shape index (κ2) is 6.03. The lowest BCUT2D eigenvalue weighted by atomic mass is 9.98. The summed E-state index contributed by atoms with van der Waals surface area (Å²) in [5.74, 6) is 0.855. The minimum Gasteiger partial charge on any atom is -0.490 e. The van der Waals surface area contributed by atoms with Crippen LogP contribution in [0.25, 0.3) is 0 Å². The average Bonchev–Trinajstić information content (AvgIpc) is 2.24. The fraction of sp³-hybridized carbons (Fsp3) is 0.571. The van der Waals surface area contributed by atoms with E-state index in [9.17, 15) is 5.11 Å². The number of hydrogen-bond donors (Lipinski definition) is 2. The van der Waals surface area contributed by atoms with Gasteiger partial charge in [0.15, 0.2) is 0 Å². The summed E-state index contributed by atoms with van der Waals surface area (Å²) in [6.45, 7) is 8.01. The Morgan fingerprint density at radius 3 is 2.24 bits per heavy atom. The van der Waals surface area contributed by atoms with Gasteiger partial charge in [0.05, 0.1) is 0 Å². The summed E-state index contributed by atoms with van der Waals surface area (Å²) in [5.41, 5.74) is 7.77. The minimum absolute atomic E-state index is 0.0472. The molecule has 1 aromatic carbocycles. The fourth-order valence-corrected chi connectivity index (χ4v) is 2.11. The van der Waals surface area contributed by atoms with Gasteiger partial charge in [-0.2, -0.15) is 0 Å². The van der Waals surface area contributed by atoms with Crippen LogP contribution in [0.1, 0.15) is 31.4 Å². The highest BCUT2D eigenvalue weighted by atomic mass is 16.5. The summed E-state index contributed by atoms with van der Waals surface area (Å²) >= 11 is 0. The van der Waals surface area contributed by atoms with Crippen molar-refractivity contribution in [3.8, 4) is 5.75 Å². The molecule has 96 valence electrons. The SMILES string of the molecule is CCC(C(N)O)C(C)Oc1c(C)cccc1C. The number of aliphatic hydroxyl groups is 1. The molecule has 0 aliphatic heterocycles. The summed E-state index contributed by atoms with van der Waals surface area (Å²) < 4.78 is 5.95. The molecule has 17 heavy (non-hydrogen) atoms. The van der Waals surface area contributed by atoms with Gasteiger partial charge in [-0.05, 0) is 38.3 Å². The molecule has 3 nitrogen and oxygen atoms in total. The predicted octanol–water partition coefficient (Wildman–Crippen LogP) is 2.37. The maximum atomic E-state index is 9.50. The molecular weight excluding hydrogens is 214 g/mol. The van der Waals surface area contributed by atoms with Crippen molar-refractivity contribution in [2.45, 2.75) is 46.4 Å². The van der Waals surface area contributed by atoms with Gasteiger partial charge in [-0.25, -0.2) is 0 Å². The summed E-state index contributed by atoms with van der Waals surface area (Å²) in [6, 6.07) is 6.06. The van der Waals surface area contributed by atoms with Crippen LogP contribution in [0, 0.1) is 19.8 Å². The quantitative estimate of drug-likeness (QED) is 0.773. The molecule has 0 fully saturated rings. The molecule has 1 rings (SSSR count). The van der Waals surface area contributed by atoms with Crippen LogP contribution in [0.15, 0.2) is 18.2 Å². The lowest BCUT2D eigenvalue weighted by molar-refractivity contribution is 0.0352. The van der Waals surface area contributed by atoms with Gasteiger partial charge in [0.1, 0.15) is 18.1 Å². The van der Waals surface area contributed by atoms with E-state index in [0.717, 1.165) is 23.3 Å². The van der Waals surface area contributed by atoms with Crippen molar-refractivity contribution < 1.29 is 9.84 Å². The van der Waals surface area contributed by atoms with E-state index < -0.39 is 6.23 Å². The third kappa shape index (κ3) is 3.45. The first-order valence-corrected chi connectivity index (χ1v) is 6.13. The van der Waals surface area contributed by atoms with Crippen molar-refractivity contribution >= 4 is 0 Å². The number of ether oxygens (including phenoxy) is 1. The molecule has 0 saturated carbocycles. The van der Waals surface area contributed by atoms with Gasteiger partial charge in [0.25, 0.3) is 0 Å². The summed E-state index contributed by atoms with van der Waals surface area (Å²) in [7, 11) is 0. The lowest BCUT2D eigenvalue weighted by Gasteiger charge is -2.27. The van der Waals surface area contributed by atoms with Gasteiger partial charge in [-0.15, -0.1) is 0 Å². The van der Waals surface area contributed by atoms with E-state index in [-0.39, 0.29) is 12.0 Å². The normalized spacial score (nSPS) is 16.4. The molecule has 0 aliphatic carbocycles. The maximum absolute atomic E-state index is 9.50. The molecule has 0 bridgehead atoms. The Balaban J connectivity index is 2.83. The number of nitrogens with two attached hydrogens (primary N) is 1. The zero-order chi connectivity index (χ0) is 13.0. The summed E-state index contributed by atoms with van der Waals surface area (Å²) in [4.78, 5) is 0. The topological polar surface area (TPSA) is 55.5 Å². The first-order chi connectivity index (χ1) is 7.97. The van der Waals surface area contributed by atoms with Gasteiger partial charge in [0, 0.05) is 5.92 Å². The van der Waals surface area contributed by atoms with Crippen LogP contribution in [0.5, 0.6) is 5.75 Å². The van der Waals surface area contributed by atoms with Gasteiger partial charge >= 0.3 is 0 Å². The predicted molar refractivity (Wildman–Crippen MR) is 70.0 cm³/mol. The Bertz CT molecular complexity index is 343. The van der Waals surface area contributed by atoms with E-state index in [2.05, 4.69) is 0 Å². The first kappa shape index (κ1) is 14.0. The lowest BCUT2D eigenvalue weighted by Crippen LogP contribution is -2.39. The van der Waals surface area contributed by atoms with Gasteiger partial charge in [-0.1, -0.05) is 25.1 Å². The van der Waals surface area contributed by atoms with Gasteiger partial charge < -0.3 is 15.6 Å². The third-order valence-electron chi connectivity index (χ3n) is 3.23. The summed E-state index contributed by atoms with van der Waals surface area (Å²) in [6.07, 6.45) is -0.136. The molecule has 0 saturated heterocycles. The summed E-state index contributed by atoms with van der Waals surface area (Å²) in [5, 5.41) is 9.50. The van der Waals surface area contributed by atoms with Gasteiger partial charge in [-0.3, -0.25) is 0 Å². The Kier molecular flexibility index (Phi) is 4.97. The Hall–Kier alpha value is -1.06. The van der Waals surface area contributed by atoms with E-state index >= 15 is 0 Å². The van der Waals surface area contributed by atoms with Crippen molar-refractivity contribution in [3.05, 3.63) is 29.3 Å². The molecule has 3 heteroatoms. The number of aryl methyl sites for hydroxylation is 2. The number of aliphatic hydroxyl groups excluding tert-OH is 1. The number of benzene rings is 1. The molecule has 3 N–H and O–H groups in total. The monoisotopic (exact) mass is 237 g/mol. The second-order valence-corrected chi connectivity index (χ2v) is 4.61. The molecule has 0 spiro atoms. The highest BCUT2D eigenvalue weighted by molar-refractivity contribution is 5.39. The fourth-order valence-electron chi connectivity index (χ4n) is 2.11. The zero-order valence-corrected chi connectivity index (χ0v) is 11.1. The number of hydrogen-bond acceptors (Lipinski definition) is 3. The minimum atomic E-state index is -0.834. The molecule has 0 aromatic heterocycles. The standard InChI is InChI=1S/C14H23NO2/c1-5-12(14(15)16)11(4)17-13-9(2)7-6-8-10(13)3/h6-8,11-12,14,16H,5,15H2,1-4H3. The highest BCUT2D eigenvalue weighted by Crippen LogP contribution is 2.26. The molecule has 1 aromatic rings. The Morgan fingerprint density at radius 1 is 1.29 bits per heavy atom. The van der Waals surface area contributed by atoms with Crippen molar-refractivity contribution in [1.29, 1.82) is 0 Å². The smallest absolute Gasteiger partial charge is 0.125 e. The molecule has 0 heterocycles. The van der Waals surface area contributed by atoms with E-state index in [1.165, 1.54) is 0 Å².